The van der Waals surface area contributed by atoms with Gasteiger partial charge in [0.1, 0.15) is 5.75 Å². The van der Waals surface area contributed by atoms with Gasteiger partial charge in [0.25, 0.3) is 0 Å². The third kappa shape index (κ3) is 5.96. The average molecular weight is 347 g/mol. The van der Waals surface area contributed by atoms with E-state index < -0.39 is 0 Å². The van der Waals surface area contributed by atoms with Crippen molar-refractivity contribution < 1.29 is 14.3 Å². The first-order valence-corrected chi connectivity index (χ1v) is 9.13. The Morgan fingerprint density at radius 2 is 2.16 bits per heavy atom. The summed E-state index contributed by atoms with van der Waals surface area (Å²) in [4.78, 5) is 25.8. The largest absolute Gasteiger partial charge is 0.491 e. The Bertz CT molecular complexity index is 591. The summed E-state index contributed by atoms with van der Waals surface area (Å²) in [5, 5.41) is 5.90. The van der Waals surface area contributed by atoms with Gasteiger partial charge in [0.2, 0.25) is 5.91 Å². The minimum atomic E-state index is -0.142. The van der Waals surface area contributed by atoms with Crippen molar-refractivity contribution in [3.63, 3.8) is 0 Å². The van der Waals surface area contributed by atoms with Crippen LogP contribution in [0, 0.1) is 0 Å². The summed E-state index contributed by atoms with van der Waals surface area (Å²) in [5.74, 6) is 0.779. The molecule has 0 radical (unpaired) electrons. The van der Waals surface area contributed by atoms with Gasteiger partial charge in [0, 0.05) is 37.3 Å². The second-order valence-corrected chi connectivity index (χ2v) is 6.50. The fraction of sp³-hybridized carbons (Fsp3) is 0.579. The molecule has 2 unspecified atom stereocenters. The molecule has 25 heavy (non-hydrogen) atoms. The van der Waals surface area contributed by atoms with Crippen LogP contribution < -0.4 is 15.4 Å². The highest BCUT2D eigenvalue weighted by Crippen LogP contribution is 2.20. The molecule has 1 aliphatic heterocycles. The van der Waals surface area contributed by atoms with Gasteiger partial charge in [0.15, 0.2) is 0 Å². The number of nitrogens with zero attached hydrogens (tertiary/aromatic N) is 1. The van der Waals surface area contributed by atoms with E-state index in [1.807, 2.05) is 38.1 Å². The van der Waals surface area contributed by atoms with Crippen molar-refractivity contribution in [3.8, 4) is 5.75 Å². The molecule has 2 N–H and O–H groups in total. The third-order valence-electron chi connectivity index (χ3n) is 4.39. The van der Waals surface area contributed by atoms with Gasteiger partial charge >= 0.3 is 6.03 Å². The number of urea groups is 1. The lowest BCUT2D eigenvalue weighted by molar-refractivity contribution is -0.121. The summed E-state index contributed by atoms with van der Waals surface area (Å²) in [5.41, 5.74) is 0.713. The van der Waals surface area contributed by atoms with E-state index in [-0.39, 0.29) is 24.1 Å². The van der Waals surface area contributed by atoms with Crippen molar-refractivity contribution in [1.29, 1.82) is 0 Å². The van der Waals surface area contributed by atoms with E-state index in [1.165, 1.54) is 0 Å². The van der Waals surface area contributed by atoms with E-state index in [0.29, 0.717) is 25.2 Å². The topological polar surface area (TPSA) is 70.7 Å². The van der Waals surface area contributed by atoms with Crippen LogP contribution in [0.3, 0.4) is 0 Å². The molecule has 1 fully saturated rings. The number of anilines is 1. The monoisotopic (exact) mass is 347 g/mol. The molecule has 6 nitrogen and oxygen atoms in total. The van der Waals surface area contributed by atoms with Crippen LogP contribution in [0.4, 0.5) is 10.5 Å². The summed E-state index contributed by atoms with van der Waals surface area (Å²) in [7, 11) is 0. The lowest BCUT2D eigenvalue weighted by Crippen LogP contribution is -2.50. The van der Waals surface area contributed by atoms with Crippen LogP contribution in [0.2, 0.25) is 0 Å². The highest BCUT2D eigenvalue weighted by Gasteiger charge is 2.24. The normalized spacial score (nSPS) is 18.4. The summed E-state index contributed by atoms with van der Waals surface area (Å²) in [6.45, 7) is 7.16. The third-order valence-corrected chi connectivity index (χ3v) is 4.39. The molecule has 1 aromatic rings. The molecule has 2 rings (SSSR count). The minimum absolute atomic E-state index is 0.0298. The van der Waals surface area contributed by atoms with Crippen LogP contribution in [0.15, 0.2) is 24.3 Å². The molecule has 1 aromatic carbocycles. The lowest BCUT2D eigenvalue weighted by Gasteiger charge is -2.33. The molecule has 3 amide bonds. The van der Waals surface area contributed by atoms with E-state index in [4.69, 9.17) is 4.74 Å². The fourth-order valence-corrected chi connectivity index (χ4v) is 2.77. The number of carbonyl (C=O) groups excluding carboxylic acids is 2. The number of benzene rings is 1. The van der Waals surface area contributed by atoms with Crippen LogP contribution in [0.25, 0.3) is 0 Å². The number of piperidine rings is 1. The van der Waals surface area contributed by atoms with Gasteiger partial charge in [-0.3, -0.25) is 4.79 Å². The summed E-state index contributed by atoms with van der Waals surface area (Å²) in [6.07, 6.45) is 3.32. The van der Waals surface area contributed by atoms with Gasteiger partial charge in [0.05, 0.1) is 6.10 Å². The predicted molar refractivity (Wildman–Crippen MR) is 98.9 cm³/mol. The van der Waals surface area contributed by atoms with Crippen LogP contribution >= 0.6 is 0 Å². The molecule has 0 aliphatic carbocycles. The number of hydrogen-bond acceptors (Lipinski definition) is 3. The summed E-state index contributed by atoms with van der Waals surface area (Å²) in [6, 6.07) is 7.34. The SMILES string of the molecule is CCC(=O)NC1CCCN(C(=O)Nc2cccc(OC(C)CC)c2)C1. The van der Waals surface area contributed by atoms with Crippen molar-refractivity contribution in [2.24, 2.45) is 0 Å². The first-order chi connectivity index (χ1) is 12.0. The molecule has 6 heteroatoms. The highest BCUT2D eigenvalue weighted by atomic mass is 16.5. The Morgan fingerprint density at radius 1 is 1.36 bits per heavy atom. The van der Waals surface area contributed by atoms with Crippen molar-refractivity contribution in [1.82, 2.24) is 10.2 Å². The summed E-state index contributed by atoms with van der Waals surface area (Å²) >= 11 is 0. The first kappa shape index (κ1) is 19.1. The predicted octanol–water partition coefficient (Wildman–Crippen LogP) is 3.39. The fourth-order valence-electron chi connectivity index (χ4n) is 2.77. The number of hydrogen-bond donors (Lipinski definition) is 2. The van der Waals surface area contributed by atoms with Gasteiger partial charge in [-0.25, -0.2) is 4.79 Å². The Hall–Kier alpha value is -2.24. The number of carbonyl (C=O) groups is 2. The molecule has 2 atom stereocenters. The number of likely N-dealkylation sites (tertiary alicyclic amines) is 1. The van der Waals surface area contributed by atoms with Gasteiger partial charge < -0.3 is 20.3 Å². The Labute approximate surface area is 149 Å². The Kier molecular flexibility index (Phi) is 7.10. The molecule has 1 saturated heterocycles. The van der Waals surface area contributed by atoms with Crippen molar-refractivity contribution in [3.05, 3.63) is 24.3 Å². The molecule has 138 valence electrons. The molecular formula is C19H29N3O3. The maximum absolute atomic E-state index is 12.5. The molecule has 1 heterocycles. The van der Waals surface area contributed by atoms with Crippen LogP contribution in [0.5, 0.6) is 5.75 Å². The standard InChI is InChI=1S/C19H29N3O3/c1-4-14(3)25-17-10-6-8-15(12-17)21-19(24)22-11-7-9-16(13-22)20-18(23)5-2/h6,8,10,12,14,16H,4-5,7,9,11,13H2,1-3H3,(H,20,23)(H,21,24). The van der Waals surface area contributed by atoms with Crippen LogP contribution in [-0.4, -0.2) is 42.1 Å². The van der Waals surface area contributed by atoms with Crippen molar-refractivity contribution in [2.45, 2.75) is 58.6 Å². The highest BCUT2D eigenvalue weighted by molar-refractivity contribution is 5.89. The van der Waals surface area contributed by atoms with Crippen LogP contribution in [0.1, 0.15) is 46.5 Å². The molecule has 1 aliphatic rings. The van der Waals surface area contributed by atoms with Gasteiger partial charge in [-0.2, -0.15) is 0 Å². The lowest BCUT2D eigenvalue weighted by atomic mass is 10.1. The maximum Gasteiger partial charge on any atom is 0.321 e. The van der Waals surface area contributed by atoms with Crippen molar-refractivity contribution in [2.75, 3.05) is 18.4 Å². The Balaban J connectivity index is 1.92. The van der Waals surface area contributed by atoms with Gasteiger partial charge in [-0.1, -0.05) is 19.9 Å². The van der Waals surface area contributed by atoms with E-state index in [9.17, 15) is 9.59 Å². The zero-order valence-electron chi connectivity index (χ0n) is 15.4. The zero-order chi connectivity index (χ0) is 18.2. The maximum atomic E-state index is 12.5. The number of ether oxygens (including phenoxy) is 1. The van der Waals surface area contributed by atoms with E-state index in [1.54, 1.807) is 4.90 Å². The molecule has 0 bridgehead atoms. The molecule has 0 aromatic heterocycles. The number of rotatable bonds is 6. The second kappa shape index (κ2) is 9.30. The van der Waals surface area contributed by atoms with Crippen molar-refractivity contribution >= 4 is 17.6 Å². The number of nitrogens with one attached hydrogen (secondary N) is 2. The van der Waals surface area contributed by atoms with E-state index in [2.05, 4.69) is 17.6 Å². The average Bonchev–Trinajstić information content (AvgIpc) is 2.62. The molecule has 0 saturated carbocycles. The smallest absolute Gasteiger partial charge is 0.321 e. The molecule has 0 spiro atoms. The van der Waals surface area contributed by atoms with E-state index in [0.717, 1.165) is 25.0 Å². The summed E-state index contributed by atoms with van der Waals surface area (Å²) < 4.78 is 5.79. The second-order valence-electron chi connectivity index (χ2n) is 6.50. The first-order valence-electron chi connectivity index (χ1n) is 9.13. The van der Waals surface area contributed by atoms with E-state index >= 15 is 0 Å². The quantitative estimate of drug-likeness (QED) is 0.829. The Morgan fingerprint density at radius 3 is 2.88 bits per heavy atom. The number of amides is 3. The van der Waals surface area contributed by atoms with Gasteiger partial charge in [-0.05, 0) is 38.3 Å². The van der Waals surface area contributed by atoms with Gasteiger partial charge in [-0.15, -0.1) is 0 Å². The zero-order valence-corrected chi connectivity index (χ0v) is 15.4. The molecular weight excluding hydrogens is 318 g/mol. The minimum Gasteiger partial charge on any atom is -0.491 e. The van der Waals surface area contributed by atoms with Crippen LogP contribution in [-0.2, 0) is 4.79 Å².